The molecule has 2 rings (SSSR count). The molecule has 1 aromatic carbocycles. The molecule has 1 aliphatic rings. The van der Waals surface area contributed by atoms with Gasteiger partial charge in [-0.3, -0.25) is 0 Å². The molecule has 19 heavy (non-hydrogen) atoms. The summed E-state index contributed by atoms with van der Waals surface area (Å²) in [6.45, 7) is 9.84. The van der Waals surface area contributed by atoms with Crippen LogP contribution in [0.3, 0.4) is 0 Å². The molecule has 1 aliphatic heterocycles. The Morgan fingerprint density at radius 2 is 1.84 bits per heavy atom. The second kappa shape index (κ2) is 5.64. The highest BCUT2D eigenvalue weighted by Crippen LogP contribution is 2.34. The topological polar surface area (TPSA) is 21.3 Å². The lowest BCUT2D eigenvalue weighted by molar-refractivity contribution is 0.0963. The Hall–Kier alpha value is -0.860. The van der Waals surface area contributed by atoms with E-state index in [9.17, 15) is 0 Å². The molecule has 2 nitrogen and oxygen atoms in total. The van der Waals surface area contributed by atoms with Crippen LogP contribution in [-0.4, -0.2) is 19.8 Å². The minimum absolute atomic E-state index is 0.220. The summed E-state index contributed by atoms with van der Waals surface area (Å²) in [6, 6.07) is 9.46. The van der Waals surface area contributed by atoms with Gasteiger partial charge in [-0.2, -0.15) is 0 Å². The molecule has 1 aromatic rings. The second-order valence-electron chi connectivity index (χ2n) is 6.67. The van der Waals surface area contributed by atoms with Crippen molar-refractivity contribution in [3.63, 3.8) is 0 Å². The third-order valence-electron chi connectivity index (χ3n) is 4.31. The van der Waals surface area contributed by atoms with Crippen molar-refractivity contribution in [2.75, 3.05) is 13.7 Å². The Bertz CT molecular complexity index is 404. The molecule has 106 valence electrons. The summed E-state index contributed by atoms with van der Waals surface area (Å²) in [5.74, 6) is 0.575. The molecule has 1 N–H and O–H groups in total. The maximum absolute atomic E-state index is 5.71. The molecule has 0 amide bonds. The standard InChI is InChI=1S/C17H27NO/c1-12-15(10-11-19-12)16(18-5)13-6-8-14(9-7-13)17(2,3)4/h6-9,12,15-16,18H,10-11H2,1-5H3. The van der Waals surface area contributed by atoms with Crippen molar-refractivity contribution >= 4 is 0 Å². The van der Waals surface area contributed by atoms with E-state index in [0.717, 1.165) is 13.0 Å². The quantitative estimate of drug-likeness (QED) is 0.896. The summed E-state index contributed by atoms with van der Waals surface area (Å²) >= 11 is 0. The van der Waals surface area contributed by atoms with Gasteiger partial charge in [0.2, 0.25) is 0 Å². The van der Waals surface area contributed by atoms with Crippen molar-refractivity contribution < 1.29 is 4.74 Å². The fraction of sp³-hybridized carbons (Fsp3) is 0.647. The van der Waals surface area contributed by atoms with Crippen LogP contribution in [0.1, 0.15) is 51.3 Å². The van der Waals surface area contributed by atoms with Crippen LogP contribution in [0.2, 0.25) is 0 Å². The maximum atomic E-state index is 5.71. The molecule has 3 atom stereocenters. The van der Waals surface area contributed by atoms with Crippen molar-refractivity contribution in [1.29, 1.82) is 0 Å². The van der Waals surface area contributed by atoms with E-state index in [0.29, 0.717) is 18.1 Å². The molecule has 1 fully saturated rings. The number of hydrogen-bond donors (Lipinski definition) is 1. The summed E-state index contributed by atoms with van der Waals surface area (Å²) in [5.41, 5.74) is 2.98. The van der Waals surface area contributed by atoms with E-state index in [1.807, 2.05) is 7.05 Å². The van der Waals surface area contributed by atoms with E-state index in [1.165, 1.54) is 11.1 Å². The summed E-state index contributed by atoms with van der Waals surface area (Å²) < 4.78 is 5.71. The zero-order valence-corrected chi connectivity index (χ0v) is 12.9. The first-order valence-electron chi connectivity index (χ1n) is 7.33. The highest BCUT2D eigenvalue weighted by Gasteiger charge is 2.32. The Kier molecular flexibility index (Phi) is 4.32. The lowest BCUT2D eigenvalue weighted by Crippen LogP contribution is -2.29. The number of ether oxygens (including phenoxy) is 1. The predicted octanol–water partition coefficient (Wildman–Crippen LogP) is 3.67. The Morgan fingerprint density at radius 1 is 1.21 bits per heavy atom. The van der Waals surface area contributed by atoms with Gasteiger partial charge in [0.1, 0.15) is 0 Å². The fourth-order valence-electron chi connectivity index (χ4n) is 3.00. The van der Waals surface area contributed by atoms with E-state index in [4.69, 9.17) is 4.74 Å². The van der Waals surface area contributed by atoms with Crippen LogP contribution in [0.15, 0.2) is 24.3 Å². The minimum Gasteiger partial charge on any atom is -0.378 e. The van der Waals surface area contributed by atoms with Gasteiger partial charge in [-0.05, 0) is 36.9 Å². The first kappa shape index (κ1) is 14.5. The van der Waals surface area contributed by atoms with Gasteiger partial charge in [0.25, 0.3) is 0 Å². The van der Waals surface area contributed by atoms with E-state index in [1.54, 1.807) is 0 Å². The Balaban J connectivity index is 2.19. The van der Waals surface area contributed by atoms with E-state index >= 15 is 0 Å². The average molecular weight is 261 g/mol. The molecule has 0 bridgehead atoms. The van der Waals surface area contributed by atoms with Crippen LogP contribution < -0.4 is 5.32 Å². The highest BCUT2D eigenvalue weighted by atomic mass is 16.5. The van der Waals surface area contributed by atoms with Crippen LogP contribution in [0, 0.1) is 5.92 Å². The number of rotatable bonds is 3. The third kappa shape index (κ3) is 3.18. The largest absolute Gasteiger partial charge is 0.378 e. The molecule has 1 heterocycles. The van der Waals surface area contributed by atoms with Gasteiger partial charge in [-0.25, -0.2) is 0 Å². The highest BCUT2D eigenvalue weighted by molar-refractivity contribution is 5.29. The normalized spacial score (nSPS) is 25.5. The van der Waals surface area contributed by atoms with Crippen LogP contribution >= 0.6 is 0 Å². The minimum atomic E-state index is 0.220. The Labute approximate surface area is 117 Å². The predicted molar refractivity (Wildman–Crippen MR) is 80.5 cm³/mol. The van der Waals surface area contributed by atoms with E-state index in [-0.39, 0.29) is 5.41 Å². The smallest absolute Gasteiger partial charge is 0.0594 e. The monoisotopic (exact) mass is 261 g/mol. The zero-order valence-electron chi connectivity index (χ0n) is 12.9. The third-order valence-corrected chi connectivity index (χ3v) is 4.31. The van der Waals surface area contributed by atoms with E-state index in [2.05, 4.69) is 57.3 Å². The molecular weight excluding hydrogens is 234 g/mol. The fourth-order valence-corrected chi connectivity index (χ4v) is 3.00. The summed E-state index contributed by atoms with van der Waals surface area (Å²) in [6.07, 6.45) is 1.49. The summed E-state index contributed by atoms with van der Waals surface area (Å²) in [4.78, 5) is 0. The molecule has 0 radical (unpaired) electrons. The van der Waals surface area contributed by atoms with E-state index < -0.39 is 0 Å². The average Bonchev–Trinajstić information content (AvgIpc) is 2.76. The lowest BCUT2D eigenvalue weighted by atomic mass is 9.84. The molecule has 2 heteroatoms. The van der Waals surface area contributed by atoms with Gasteiger partial charge < -0.3 is 10.1 Å². The first-order chi connectivity index (χ1) is 8.93. The van der Waals surface area contributed by atoms with Crippen molar-refractivity contribution in [2.24, 2.45) is 5.92 Å². The van der Waals surface area contributed by atoms with Crippen molar-refractivity contribution in [2.45, 2.75) is 51.7 Å². The molecular formula is C17H27NO. The van der Waals surface area contributed by atoms with Crippen LogP contribution in [-0.2, 0) is 10.2 Å². The van der Waals surface area contributed by atoms with Crippen LogP contribution in [0.25, 0.3) is 0 Å². The lowest BCUT2D eigenvalue weighted by Gasteiger charge is -2.27. The maximum Gasteiger partial charge on any atom is 0.0594 e. The number of nitrogens with one attached hydrogen (secondary N) is 1. The van der Waals surface area contributed by atoms with Crippen molar-refractivity contribution in [3.05, 3.63) is 35.4 Å². The first-order valence-corrected chi connectivity index (χ1v) is 7.33. The van der Waals surface area contributed by atoms with Gasteiger partial charge in [-0.1, -0.05) is 45.0 Å². The molecule has 1 saturated heterocycles. The summed E-state index contributed by atoms with van der Waals surface area (Å²) in [5, 5.41) is 3.47. The van der Waals surface area contributed by atoms with Crippen molar-refractivity contribution in [3.8, 4) is 0 Å². The van der Waals surface area contributed by atoms with Gasteiger partial charge >= 0.3 is 0 Å². The van der Waals surface area contributed by atoms with Crippen LogP contribution in [0.5, 0.6) is 0 Å². The van der Waals surface area contributed by atoms with Crippen LogP contribution in [0.4, 0.5) is 0 Å². The molecule has 0 saturated carbocycles. The SMILES string of the molecule is CNC(c1ccc(C(C)(C)C)cc1)C1CCOC1C. The van der Waals surface area contributed by atoms with Gasteiger partial charge in [0.15, 0.2) is 0 Å². The zero-order chi connectivity index (χ0) is 14.0. The van der Waals surface area contributed by atoms with Gasteiger partial charge in [0, 0.05) is 18.6 Å². The summed E-state index contributed by atoms with van der Waals surface area (Å²) in [7, 11) is 2.05. The molecule has 0 spiro atoms. The Morgan fingerprint density at radius 3 is 2.26 bits per heavy atom. The number of hydrogen-bond acceptors (Lipinski definition) is 2. The second-order valence-corrected chi connectivity index (χ2v) is 6.67. The number of benzene rings is 1. The van der Waals surface area contributed by atoms with Gasteiger partial charge in [-0.15, -0.1) is 0 Å². The van der Waals surface area contributed by atoms with Crippen molar-refractivity contribution in [1.82, 2.24) is 5.32 Å². The molecule has 0 aromatic heterocycles. The van der Waals surface area contributed by atoms with Gasteiger partial charge in [0.05, 0.1) is 6.10 Å². The molecule has 3 unspecified atom stereocenters. The molecule has 0 aliphatic carbocycles.